The first-order valence-electron chi connectivity index (χ1n) is 3.63. The van der Waals surface area contributed by atoms with Crippen LogP contribution in [0.15, 0.2) is 6.07 Å². The van der Waals surface area contributed by atoms with Gasteiger partial charge in [-0.1, -0.05) is 0 Å². The van der Waals surface area contributed by atoms with Crippen molar-refractivity contribution in [1.29, 1.82) is 5.26 Å². The normalized spacial score (nSPS) is 10.2. The maximum atomic E-state index is 12.5. The summed E-state index contributed by atoms with van der Waals surface area (Å²) in [5, 5.41) is 8.49. The van der Waals surface area contributed by atoms with Crippen LogP contribution in [0.4, 0.5) is 14.6 Å². The van der Waals surface area contributed by atoms with Gasteiger partial charge in [0.25, 0.3) is 6.43 Å². The number of alkyl halides is 3. The Balaban J connectivity index is 3.37. The second kappa shape index (κ2) is 4.20. The van der Waals surface area contributed by atoms with E-state index in [9.17, 15) is 8.78 Å². The van der Waals surface area contributed by atoms with E-state index in [2.05, 4.69) is 4.98 Å². The minimum absolute atomic E-state index is 0.0840. The minimum atomic E-state index is -2.71. The third-order valence-electron chi connectivity index (χ3n) is 1.67. The molecule has 6 heteroatoms. The third-order valence-corrected chi connectivity index (χ3v) is 1.94. The van der Waals surface area contributed by atoms with Crippen LogP contribution in [0.5, 0.6) is 0 Å². The van der Waals surface area contributed by atoms with Gasteiger partial charge in [-0.05, 0) is 6.07 Å². The number of rotatable bonds is 2. The number of halogens is 3. The lowest BCUT2D eigenvalue weighted by Gasteiger charge is -2.08. The number of anilines is 1. The molecule has 0 spiro atoms. The second-order valence-corrected chi connectivity index (χ2v) is 2.77. The second-order valence-electron chi connectivity index (χ2n) is 2.51. The van der Waals surface area contributed by atoms with E-state index in [0.29, 0.717) is 0 Å². The van der Waals surface area contributed by atoms with Crippen LogP contribution < -0.4 is 5.73 Å². The summed E-state index contributed by atoms with van der Waals surface area (Å²) in [7, 11) is 0. The molecule has 0 bridgehead atoms. The van der Waals surface area contributed by atoms with Crippen LogP contribution in [0.25, 0.3) is 0 Å². The molecule has 1 aromatic rings. The number of nitriles is 1. The molecule has 74 valence electrons. The Hall–Kier alpha value is -1.41. The molecule has 0 aliphatic carbocycles. The monoisotopic (exact) mass is 217 g/mol. The number of aromatic nitrogens is 1. The van der Waals surface area contributed by atoms with Crippen molar-refractivity contribution in [3.63, 3.8) is 0 Å². The van der Waals surface area contributed by atoms with E-state index in [4.69, 9.17) is 22.6 Å². The molecule has 14 heavy (non-hydrogen) atoms. The minimum Gasteiger partial charge on any atom is -0.383 e. The summed E-state index contributed by atoms with van der Waals surface area (Å²) in [6.07, 6.45) is -2.71. The van der Waals surface area contributed by atoms with Crippen LogP contribution in [0.1, 0.15) is 23.2 Å². The van der Waals surface area contributed by atoms with Crippen molar-refractivity contribution in [3.8, 4) is 6.07 Å². The van der Waals surface area contributed by atoms with Crippen LogP contribution in [-0.4, -0.2) is 4.98 Å². The number of nitrogens with two attached hydrogens (primary N) is 1. The summed E-state index contributed by atoms with van der Waals surface area (Å²) >= 11 is 5.44. The number of hydrogen-bond acceptors (Lipinski definition) is 3. The zero-order valence-electron chi connectivity index (χ0n) is 6.97. The number of hydrogen-bond donors (Lipinski definition) is 1. The standard InChI is InChI=1S/C8H6ClF2N3/c9-2-6-5(7(10)11)1-4(3-12)14-8(6)13/h1,7H,2H2,(H2,13,14). The van der Waals surface area contributed by atoms with Crippen LogP contribution >= 0.6 is 11.6 Å². The Morgan fingerprint density at radius 3 is 2.71 bits per heavy atom. The van der Waals surface area contributed by atoms with Gasteiger partial charge in [0.2, 0.25) is 0 Å². The lowest BCUT2D eigenvalue weighted by Crippen LogP contribution is -2.03. The van der Waals surface area contributed by atoms with E-state index < -0.39 is 6.43 Å². The zero-order chi connectivity index (χ0) is 10.7. The maximum absolute atomic E-state index is 12.5. The molecule has 1 heterocycles. The molecule has 0 radical (unpaired) electrons. The lowest BCUT2D eigenvalue weighted by molar-refractivity contribution is 0.150. The number of nitrogens with zero attached hydrogens (tertiary/aromatic N) is 2. The van der Waals surface area contributed by atoms with E-state index >= 15 is 0 Å². The SMILES string of the molecule is N#Cc1cc(C(F)F)c(CCl)c(N)n1. The molecule has 1 aromatic heterocycles. The molecule has 0 aromatic carbocycles. The summed E-state index contributed by atoms with van der Waals surface area (Å²) in [6, 6.07) is 2.65. The van der Waals surface area contributed by atoms with Gasteiger partial charge < -0.3 is 5.73 Å². The Morgan fingerprint density at radius 1 is 1.64 bits per heavy atom. The summed E-state index contributed by atoms with van der Waals surface area (Å²) in [4.78, 5) is 3.60. The summed E-state index contributed by atoms with van der Waals surface area (Å²) in [5.74, 6) is -0.265. The molecule has 0 fully saturated rings. The quantitative estimate of drug-likeness (QED) is 0.773. The molecule has 1 rings (SSSR count). The largest absolute Gasteiger partial charge is 0.383 e. The molecule has 0 atom stereocenters. The van der Waals surface area contributed by atoms with E-state index in [1.165, 1.54) is 0 Å². The van der Waals surface area contributed by atoms with Crippen LogP contribution in [0.3, 0.4) is 0 Å². The van der Waals surface area contributed by atoms with E-state index in [-0.39, 0.29) is 28.5 Å². The van der Waals surface area contributed by atoms with Crippen molar-refractivity contribution in [2.45, 2.75) is 12.3 Å². The van der Waals surface area contributed by atoms with Gasteiger partial charge in [0.1, 0.15) is 17.6 Å². The Bertz CT molecular complexity index is 387. The van der Waals surface area contributed by atoms with Gasteiger partial charge in [-0.15, -0.1) is 11.6 Å². The molecular weight excluding hydrogens is 212 g/mol. The average Bonchev–Trinajstić information content (AvgIpc) is 2.16. The molecular formula is C8H6ClF2N3. The van der Waals surface area contributed by atoms with Gasteiger partial charge in [0.15, 0.2) is 0 Å². The van der Waals surface area contributed by atoms with Crippen molar-refractivity contribution in [3.05, 3.63) is 22.9 Å². The van der Waals surface area contributed by atoms with E-state index in [1.807, 2.05) is 0 Å². The fourth-order valence-electron chi connectivity index (χ4n) is 1.01. The van der Waals surface area contributed by atoms with Crippen LogP contribution in [0.2, 0.25) is 0 Å². The Morgan fingerprint density at radius 2 is 2.29 bits per heavy atom. The first-order chi connectivity index (χ1) is 6.60. The first kappa shape index (κ1) is 10.7. The van der Waals surface area contributed by atoms with E-state index in [1.54, 1.807) is 6.07 Å². The molecule has 0 saturated carbocycles. The smallest absolute Gasteiger partial charge is 0.264 e. The molecule has 0 amide bonds. The van der Waals surface area contributed by atoms with Crippen molar-refractivity contribution in [2.75, 3.05) is 5.73 Å². The van der Waals surface area contributed by atoms with Gasteiger partial charge in [-0.3, -0.25) is 0 Å². The highest BCUT2D eigenvalue weighted by Gasteiger charge is 2.17. The van der Waals surface area contributed by atoms with Crippen molar-refractivity contribution >= 4 is 17.4 Å². The predicted molar refractivity (Wildman–Crippen MR) is 47.9 cm³/mol. The summed E-state index contributed by atoms with van der Waals surface area (Å²) in [6.45, 7) is 0. The number of nitrogen functional groups attached to an aromatic ring is 1. The highest BCUT2D eigenvalue weighted by molar-refractivity contribution is 6.17. The molecule has 0 unspecified atom stereocenters. The predicted octanol–water partition coefficient (Wildman–Crippen LogP) is 2.21. The summed E-state index contributed by atoms with van der Waals surface area (Å²) < 4.78 is 24.9. The molecule has 0 aliphatic rings. The van der Waals surface area contributed by atoms with Gasteiger partial charge in [-0.2, -0.15) is 5.26 Å². The maximum Gasteiger partial charge on any atom is 0.264 e. The topological polar surface area (TPSA) is 62.7 Å². The third kappa shape index (κ3) is 1.91. The zero-order valence-corrected chi connectivity index (χ0v) is 7.72. The highest BCUT2D eigenvalue weighted by atomic mass is 35.5. The molecule has 2 N–H and O–H groups in total. The highest BCUT2D eigenvalue weighted by Crippen LogP contribution is 2.27. The molecule has 0 aliphatic heterocycles. The van der Waals surface area contributed by atoms with Crippen molar-refractivity contribution < 1.29 is 8.78 Å². The van der Waals surface area contributed by atoms with Crippen molar-refractivity contribution in [1.82, 2.24) is 4.98 Å². The van der Waals surface area contributed by atoms with Gasteiger partial charge in [-0.25, -0.2) is 13.8 Å². The fraction of sp³-hybridized carbons (Fsp3) is 0.250. The summed E-state index contributed by atoms with van der Waals surface area (Å²) in [5.41, 5.74) is 4.99. The van der Waals surface area contributed by atoms with Gasteiger partial charge in [0.05, 0.1) is 5.88 Å². The fourth-order valence-corrected chi connectivity index (χ4v) is 1.30. The van der Waals surface area contributed by atoms with Crippen LogP contribution in [0, 0.1) is 11.3 Å². The van der Waals surface area contributed by atoms with Crippen molar-refractivity contribution in [2.24, 2.45) is 0 Å². The van der Waals surface area contributed by atoms with E-state index in [0.717, 1.165) is 6.07 Å². The Kier molecular flexibility index (Phi) is 3.20. The Labute approximate surface area is 84.1 Å². The molecule has 0 saturated heterocycles. The number of pyridine rings is 1. The lowest BCUT2D eigenvalue weighted by atomic mass is 10.1. The van der Waals surface area contributed by atoms with Gasteiger partial charge in [0, 0.05) is 11.1 Å². The average molecular weight is 218 g/mol. The molecule has 3 nitrogen and oxygen atoms in total. The first-order valence-corrected chi connectivity index (χ1v) is 4.17. The van der Waals surface area contributed by atoms with Gasteiger partial charge >= 0.3 is 0 Å². The van der Waals surface area contributed by atoms with Crippen LogP contribution in [-0.2, 0) is 5.88 Å².